The molecule has 1 aliphatic heterocycles. The number of ether oxygens (including phenoxy) is 1. The van der Waals surface area contributed by atoms with Gasteiger partial charge in [0.05, 0.1) is 12.0 Å². The first-order valence-corrected chi connectivity index (χ1v) is 8.58. The van der Waals surface area contributed by atoms with Crippen molar-refractivity contribution in [1.82, 2.24) is 5.32 Å². The highest BCUT2D eigenvalue weighted by atomic mass is 35.5. The molecule has 0 radical (unpaired) electrons. The van der Waals surface area contributed by atoms with Crippen LogP contribution in [0.3, 0.4) is 0 Å². The lowest BCUT2D eigenvalue weighted by Crippen LogP contribution is -2.19. The predicted molar refractivity (Wildman–Crippen MR) is 102 cm³/mol. The fourth-order valence-electron chi connectivity index (χ4n) is 2.26. The summed E-state index contributed by atoms with van der Waals surface area (Å²) in [6.07, 6.45) is 1.58. The first-order chi connectivity index (χ1) is 12.0. The zero-order valence-corrected chi connectivity index (χ0v) is 15.1. The van der Waals surface area contributed by atoms with Gasteiger partial charge in [-0.2, -0.15) is 0 Å². The molecule has 0 aromatic heterocycles. The third-order valence-corrected chi connectivity index (χ3v) is 4.63. The molecule has 1 amide bonds. The molecule has 7 heteroatoms. The summed E-state index contributed by atoms with van der Waals surface area (Å²) in [5, 5.41) is 13.5. The lowest BCUT2D eigenvalue weighted by Gasteiger charge is -2.05. The van der Waals surface area contributed by atoms with Crippen LogP contribution in [-0.2, 0) is 4.79 Å². The van der Waals surface area contributed by atoms with Crippen LogP contribution in [0.4, 0.5) is 5.69 Å². The molecule has 2 aromatic rings. The van der Waals surface area contributed by atoms with Gasteiger partial charge in [0.25, 0.3) is 5.91 Å². The largest absolute Gasteiger partial charge is 0.507 e. The summed E-state index contributed by atoms with van der Waals surface area (Å²) >= 11 is 7.13. The van der Waals surface area contributed by atoms with Gasteiger partial charge in [-0.3, -0.25) is 4.79 Å². The third kappa shape index (κ3) is 3.97. The molecule has 128 valence electrons. The van der Waals surface area contributed by atoms with Gasteiger partial charge in [-0.15, -0.1) is 0 Å². The smallest absolute Gasteiger partial charge is 0.264 e. The van der Waals surface area contributed by atoms with Gasteiger partial charge >= 0.3 is 0 Å². The van der Waals surface area contributed by atoms with Crippen molar-refractivity contribution in [3.8, 4) is 11.5 Å². The summed E-state index contributed by atoms with van der Waals surface area (Å²) < 4.78 is 5.30. The Kier molecular flexibility index (Phi) is 5.01. The number of methoxy groups -OCH3 is 1. The van der Waals surface area contributed by atoms with Gasteiger partial charge in [0.15, 0.2) is 5.17 Å². The Hall–Kier alpha value is -2.44. The number of nitrogens with zero attached hydrogens (tertiary/aromatic N) is 1. The number of nitrogens with one attached hydrogen (secondary N) is 1. The second-order valence-electron chi connectivity index (χ2n) is 5.36. The number of amides is 1. The van der Waals surface area contributed by atoms with Crippen molar-refractivity contribution in [1.29, 1.82) is 0 Å². The Morgan fingerprint density at radius 2 is 2.08 bits per heavy atom. The summed E-state index contributed by atoms with van der Waals surface area (Å²) in [6.45, 7) is 1.96. The molecule has 1 aliphatic rings. The van der Waals surface area contributed by atoms with E-state index in [1.807, 2.05) is 25.1 Å². The zero-order valence-electron chi connectivity index (χ0n) is 13.5. The minimum Gasteiger partial charge on any atom is -0.507 e. The monoisotopic (exact) mass is 374 g/mol. The van der Waals surface area contributed by atoms with Gasteiger partial charge in [0.2, 0.25) is 0 Å². The van der Waals surface area contributed by atoms with Gasteiger partial charge in [-0.25, -0.2) is 4.99 Å². The summed E-state index contributed by atoms with van der Waals surface area (Å²) in [6, 6.07) is 10.3. The van der Waals surface area contributed by atoms with E-state index >= 15 is 0 Å². The summed E-state index contributed by atoms with van der Waals surface area (Å²) in [7, 11) is 1.57. The average Bonchev–Trinajstić information content (AvgIpc) is 2.90. The highest BCUT2D eigenvalue weighted by molar-refractivity contribution is 8.18. The maximum Gasteiger partial charge on any atom is 0.264 e. The number of halogens is 1. The van der Waals surface area contributed by atoms with E-state index in [0.717, 1.165) is 5.56 Å². The van der Waals surface area contributed by atoms with Crippen molar-refractivity contribution >= 4 is 46.2 Å². The Labute approximate surface area is 154 Å². The lowest BCUT2D eigenvalue weighted by atomic mass is 10.2. The molecule has 0 saturated carbocycles. The van der Waals surface area contributed by atoms with Gasteiger partial charge in [-0.05, 0) is 60.7 Å². The third-order valence-electron chi connectivity index (χ3n) is 3.48. The molecule has 0 spiro atoms. The van der Waals surface area contributed by atoms with Crippen LogP contribution < -0.4 is 10.1 Å². The minimum atomic E-state index is -0.283. The molecule has 25 heavy (non-hydrogen) atoms. The summed E-state index contributed by atoms with van der Waals surface area (Å²) in [4.78, 5) is 17.1. The number of rotatable bonds is 3. The van der Waals surface area contributed by atoms with E-state index in [1.165, 1.54) is 17.8 Å². The van der Waals surface area contributed by atoms with Gasteiger partial charge in [0, 0.05) is 10.6 Å². The molecule has 1 fully saturated rings. The lowest BCUT2D eigenvalue weighted by molar-refractivity contribution is -0.115. The molecular weight excluding hydrogens is 360 g/mol. The quantitative estimate of drug-likeness (QED) is 0.788. The highest BCUT2D eigenvalue weighted by Gasteiger charge is 2.24. The van der Waals surface area contributed by atoms with Crippen LogP contribution in [-0.4, -0.2) is 23.3 Å². The zero-order chi connectivity index (χ0) is 18.0. The number of phenols is 1. The molecule has 3 rings (SSSR count). The van der Waals surface area contributed by atoms with Crippen molar-refractivity contribution in [2.24, 2.45) is 4.99 Å². The maximum atomic E-state index is 12.2. The summed E-state index contributed by atoms with van der Waals surface area (Å²) in [5.74, 6) is 0.392. The van der Waals surface area contributed by atoms with Crippen LogP contribution in [0.25, 0.3) is 6.08 Å². The Balaban J connectivity index is 1.91. The topological polar surface area (TPSA) is 70.9 Å². The standard InChI is InChI=1S/C18H15ClN2O3S/c1-10-3-6-15(24-2)13(7-10)20-18-21-17(23)16(25-18)9-11-8-12(19)4-5-14(11)22/h3-9,22H,1-2H3,(H,20,21,23)/b16-9-. The average molecular weight is 375 g/mol. The van der Waals surface area contributed by atoms with Crippen molar-refractivity contribution < 1.29 is 14.6 Å². The van der Waals surface area contributed by atoms with Crippen LogP contribution in [0, 0.1) is 6.92 Å². The van der Waals surface area contributed by atoms with Crippen LogP contribution >= 0.6 is 23.4 Å². The van der Waals surface area contributed by atoms with Crippen molar-refractivity contribution in [3.63, 3.8) is 0 Å². The number of thioether (sulfide) groups is 1. The first-order valence-electron chi connectivity index (χ1n) is 7.39. The fourth-order valence-corrected chi connectivity index (χ4v) is 3.27. The van der Waals surface area contributed by atoms with Crippen LogP contribution in [0.5, 0.6) is 11.5 Å². The number of carbonyl (C=O) groups is 1. The number of amidine groups is 1. The molecule has 0 unspecified atom stereocenters. The van der Waals surface area contributed by atoms with E-state index in [2.05, 4.69) is 10.3 Å². The van der Waals surface area contributed by atoms with E-state index in [9.17, 15) is 9.90 Å². The van der Waals surface area contributed by atoms with Crippen LogP contribution in [0.15, 0.2) is 46.3 Å². The molecule has 1 saturated heterocycles. The van der Waals surface area contributed by atoms with Crippen LogP contribution in [0.1, 0.15) is 11.1 Å². The van der Waals surface area contributed by atoms with Gasteiger partial charge in [-0.1, -0.05) is 17.7 Å². The molecule has 1 heterocycles. The number of aliphatic imine (C=N–C) groups is 1. The Bertz CT molecular complexity index is 909. The van der Waals surface area contributed by atoms with Crippen molar-refractivity contribution in [3.05, 3.63) is 57.5 Å². The second kappa shape index (κ2) is 7.21. The number of hydrogen-bond donors (Lipinski definition) is 2. The predicted octanol–water partition coefficient (Wildman–Crippen LogP) is 4.25. The number of phenolic OH excluding ortho intramolecular Hbond substituents is 1. The molecule has 0 aliphatic carbocycles. The number of carbonyl (C=O) groups excluding carboxylic acids is 1. The molecule has 0 bridgehead atoms. The molecule has 2 aromatic carbocycles. The first kappa shape index (κ1) is 17.4. The highest BCUT2D eigenvalue weighted by Crippen LogP contribution is 2.34. The Morgan fingerprint density at radius 3 is 2.84 bits per heavy atom. The van der Waals surface area contributed by atoms with E-state index in [-0.39, 0.29) is 11.7 Å². The normalized spacial score (nSPS) is 17.2. The number of hydrogen-bond acceptors (Lipinski definition) is 5. The van der Waals surface area contributed by atoms with Gasteiger partial charge in [0.1, 0.15) is 17.2 Å². The number of aromatic hydroxyl groups is 1. The fraction of sp³-hybridized carbons (Fsp3) is 0.111. The van der Waals surface area contributed by atoms with Gasteiger partial charge < -0.3 is 15.2 Å². The molecule has 5 nitrogen and oxygen atoms in total. The number of benzene rings is 2. The van der Waals surface area contributed by atoms with E-state index < -0.39 is 0 Å². The minimum absolute atomic E-state index is 0.0519. The number of aryl methyl sites for hydroxylation is 1. The maximum absolute atomic E-state index is 12.2. The van der Waals surface area contributed by atoms with Crippen molar-refractivity contribution in [2.45, 2.75) is 6.92 Å². The van der Waals surface area contributed by atoms with E-state index in [4.69, 9.17) is 16.3 Å². The Morgan fingerprint density at radius 1 is 1.28 bits per heavy atom. The molecule has 2 N–H and O–H groups in total. The van der Waals surface area contributed by atoms with E-state index in [1.54, 1.807) is 25.3 Å². The molecule has 0 atom stereocenters. The molecular formula is C18H15ClN2O3S. The second-order valence-corrected chi connectivity index (χ2v) is 6.83. The van der Waals surface area contributed by atoms with Crippen LogP contribution in [0.2, 0.25) is 5.02 Å². The SMILES string of the molecule is COc1ccc(C)cc1N=C1NC(=O)/C(=C/c2cc(Cl)ccc2O)S1. The summed E-state index contributed by atoms with van der Waals surface area (Å²) in [5.41, 5.74) is 2.14. The van der Waals surface area contributed by atoms with Crippen molar-refractivity contribution in [2.75, 3.05) is 7.11 Å². The van der Waals surface area contributed by atoms with E-state index in [0.29, 0.717) is 32.1 Å².